The number of hydrogen-bond acceptors (Lipinski definition) is 6. The molecule has 2 aliphatic heterocycles. The Kier molecular flexibility index (Phi) is 7.91. The summed E-state index contributed by atoms with van der Waals surface area (Å²) in [6.45, 7) is 3.80. The normalized spacial score (nSPS) is 19.6. The highest BCUT2D eigenvalue weighted by Gasteiger charge is 2.38. The number of alkyl halides is 3. The molecule has 176 valence electrons. The van der Waals surface area contributed by atoms with Crippen molar-refractivity contribution >= 4 is 23.2 Å². The van der Waals surface area contributed by atoms with Gasteiger partial charge in [0, 0.05) is 44.3 Å². The van der Waals surface area contributed by atoms with E-state index in [0.29, 0.717) is 12.6 Å². The van der Waals surface area contributed by atoms with Crippen LogP contribution in [0, 0.1) is 0 Å². The Bertz CT molecular complexity index is 911. The van der Waals surface area contributed by atoms with Crippen LogP contribution in [0.3, 0.4) is 0 Å². The summed E-state index contributed by atoms with van der Waals surface area (Å²) in [5.41, 5.74) is 2.10. The number of carboxylic acids is 1. The first-order chi connectivity index (χ1) is 15.2. The van der Waals surface area contributed by atoms with E-state index in [1.54, 1.807) is 11.3 Å². The van der Waals surface area contributed by atoms with Crippen molar-refractivity contribution in [3.8, 4) is 0 Å². The summed E-state index contributed by atoms with van der Waals surface area (Å²) in [5, 5.41) is 12.3. The van der Waals surface area contributed by atoms with Gasteiger partial charge in [-0.25, -0.2) is 9.78 Å². The van der Waals surface area contributed by atoms with Crippen LogP contribution in [0.5, 0.6) is 0 Å². The number of hydrogen-bond donors (Lipinski definition) is 2. The lowest BCUT2D eigenvalue weighted by Gasteiger charge is -2.39. The number of rotatable bonds is 4. The molecule has 0 spiro atoms. The van der Waals surface area contributed by atoms with Crippen LogP contribution in [-0.4, -0.2) is 63.4 Å². The number of ether oxygens (including phenoxy) is 1. The van der Waals surface area contributed by atoms with E-state index in [1.165, 1.54) is 4.88 Å². The second-order valence-electron chi connectivity index (χ2n) is 7.61. The van der Waals surface area contributed by atoms with Crippen molar-refractivity contribution in [1.29, 1.82) is 0 Å². The first kappa shape index (κ1) is 24.2. The monoisotopic (exact) mass is 474 g/mol. The number of aryl methyl sites for hydroxylation is 1. The first-order valence-corrected chi connectivity index (χ1v) is 11.0. The molecule has 2 aliphatic rings. The zero-order chi connectivity index (χ0) is 23.3. The Morgan fingerprint density at radius 3 is 2.62 bits per heavy atom. The molecule has 0 bridgehead atoms. The molecule has 0 aromatic carbocycles. The van der Waals surface area contributed by atoms with Gasteiger partial charge in [-0.05, 0) is 24.3 Å². The SMILES string of the molecule is Cn1cnc2c1C(C(=O)NCc1cccs1)CN(C1CCOCC1)C2.O=C(O)C(F)(F)F. The summed E-state index contributed by atoms with van der Waals surface area (Å²) in [7, 11) is 1.98. The second-order valence-corrected chi connectivity index (χ2v) is 8.65. The lowest BCUT2D eigenvalue weighted by Crippen LogP contribution is -2.47. The Labute approximate surface area is 187 Å². The third kappa shape index (κ3) is 6.08. The van der Waals surface area contributed by atoms with E-state index >= 15 is 0 Å². The molecule has 1 unspecified atom stereocenters. The number of nitrogens with one attached hydrogen (secondary N) is 1. The molecule has 12 heteroatoms. The van der Waals surface area contributed by atoms with Crippen molar-refractivity contribution in [2.24, 2.45) is 7.05 Å². The van der Waals surface area contributed by atoms with E-state index in [-0.39, 0.29) is 11.8 Å². The Morgan fingerprint density at radius 2 is 2.03 bits per heavy atom. The number of aromatic nitrogens is 2. The summed E-state index contributed by atoms with van der Waals surface area (Å²) < 4.78 is 39.2. The molecule has 2 aromatic rings. The molecule has 2 N–H and O–H groups in total. The third-order valence-corrected chi connectivity index (χ3v) is 6.32. The summed E-state index contributed by atoms with van der Waals surface area (Å²) in [4.78, 5) is 30.0. The zero-order valence-corrected chi connectivity index (χ0v) is 18.3. The van der Waals surface area contributed by atoms with Crippen molar-refractivity contribution in [1.82, 2.24) is 19.8 Å². The molecule has 4 rings (SSSR count). The number of fused-ring (bicyclic) bond motifs is 1. The number of nitrogens with zero attached hydrogens (tertiary/aromatic N) is 3. The van der Waals surface area contributed by atoms with Crippen molar-refractivity contribution < 1.29 is 32.6 Å². The Morgan fingerprint density at radius 1 is 1.34 bits per heavy atom. The predicted molar refractivity (Wildman–Crippen MR) is 110 cm³/mol. The topological polar surface area (TPSA) is 96.7 Å². The van der Waals surface area contributed by atoms with E-state index in [4.69, 9.17) is 14.6 Å². The maximum absolute atomic E-state index is 12.9. The van der Waals surface area contributed by atoms with E-state index in [2.05, 4.69) is 21.3 Å². The van der Waals surface area contributed by atoms with Gasteiger partial charge in [0.15, 0.2) is 0 Å². The van der Waals surface area contributed by atoms with E-state index < -0.39 is 12.1 Å². The smallest absolute Gasteiger partial charge is 0.475 e. The molecule has 1 atom stereocenters. The molecular weight excluding hydrogens is 449 g/mol. The van der Waals surface area contributed by atoms with E-state index in [1.807, 2.05) is 29.4 Å². The molecule has 0 saturated carbocycles. The first-order valence-electron chi connectivity index (χ1n) is 10.1. The standard InChI is InChI=1S/C18H24N4O2S.C2HF3O2/c1-21-12-20-16-11-22(13-4-6-24-7-5-13)10-15(17(16)21)18(23)19-9-14-3-2-8-25-14;3-2(4,5)1(6)7/h2-3,8,12-13,15H,4-7,9-11H2,1H3,(H,19,23);(H,6,7). The molecule has 1 amide bonds. The van der Waals surface area contributed by atoms with Crippen LogP contribution in [0.2, 0.25) is 0 Å². The molecule has 4 heterocycles. The number of carbonyl (C=O) groups excluding carboxylic acids is 1. The average molecular weight is 475 g/mol. The minimum atomic E-state index is -5.08. The summed E-state index contributed by atoms with van der Waals surface area (Å²) in [5.74, 6) is -2.83. The summed E-state index contributed by atoms with van der Waals surface area (Å²) in [6.07, 6.45) is -1.19. The van der Waals surface area contributed by atoms with Crippen LogP contribution in [-0.2, 0) is 34.5 Å². The zero-order valence-electron chi connectivity index (χ0n) is 17.5. The van der Waals surface area contributed by atoms with Crippen LogP contribution in [0.1, 0.15) is 35.0 Å². The lowest BCUT2D eigenvalue weighted by atomic mass is 9.94. The van der Waals surface area contributed by atoms with Crippen LogP contribution in [0.4, 0.5) is 13.2 Å². The van der Waals surface area contributed by atoms with Crippen molar-refractivity contribution in [3.63, 3.8) is 0 Å². The minimum absolute atomic E-state index is 0.0926. The fourth-order valence-corrected chi connectivity index (χ4v) is 4.53. The van der Waals surface area contributed by atoms with Gasteiger partial charge in [-0.3, -0.25) is 9.69 Å². The number of carbonyl (C=O) groups is 2. The number of halogens is 3. The van der Waals surface area contributed by atoms with Crippen LogP contribution < -0.4 is 5.32 Å². The Hall–Kier alpha value is -2.44. The second kappa shape index (κ2) is 10.5. The van der Waals surface area contributed by atoms with E-state index in [9.17, 15) is 18.0 Å². The molecule has 0 radical (unpaired) electrons. The molecule has 2 aromatic heterocycles. The number of carboxylic acid groups (broad SMARTS) is 1. The predicted octanol–water partition coefficient (Wildman–Crippen LogP) is 2.51. The minimum Gasteiger partial charge on any atom is -0.475 e. The fourth-order valence-electron chi connectivity index (χ4n) is 3.88. The van der Waals surface area contributed by atoms with Gasteiger partial charge in [0.25, 0.3) is 0 Å². The van der Waals surface area contributed by atoms with Gasteiger partial charge in [0.2, 0.25) is 5.91 Å². The number of amides is 1. The van der Waals surface area contributed by atoms with Gasteiger partial charge in [0.1, 0.15) is 0 Å². The highest BCUT2D eigenvalue weighted by Crippen LogP contribution is 2.31. The van der Waals surface area contributed by atoms with Crippen molar-refractivity contribution in [3.05, 3.63) is 40.1 Å². The van der Waals surface area contributed by atoms with Crippen molar-refractivity contribution in [2.45, 2.75) is 44.1 Å². The number of aliphatic carboxylic acids is 1. The number of thiophene rings is 1. The van der Waals surface area contributed by atoms with Gasteiger partial charge in [-0.2, -0.15) is 13.2 Å². The van der Waals surface area contributed by atoms with Crippen molar-refractivity contribution in [2.75, 3.05) is 19.8 Å². The maximum atomic E-state index is 12.9. The highest BCUT2D eigenvalue weighted by molar-refractivity contribution is 7.09. The molecule has 1 fully saturated rings. The Balaban J connectivity index is 0.000000360. The third-order valence-electron chi connectivity index (χ3n) is 5.45. The quantitative estimate of drug-likeness (QED) is 0.707. The number of imidazole rings is 1. The highest BCUT2D eigenvalue weighted by atomic mass is 32.1. The molecular formula is C20H25F3N4O4S. The van der Waals surface area contributed by atoms with Gasteiger partial charge in [-0.15, -0.1) is 11.3 Å². The summed E-state index contributed by atoms with van der Waals surface area (Å²) >= 11 is 1.67. The molecule has 32 heavy (non-hydrogen) atoms. The van der Waals surface area contributed by atoms with Crippen LogP contribution in [0.25, 0.3) is 0 Å². The van der Waals surface area contributed by atoms with Crippen LogP contribution >= 0.6 is 11.3 Å². The van der Waals surface area contributed by atoms with Gasteiger partial charge in [-0.1, -0.05) is 6.07 Å². The van der Waals surface area contributed by atoms with Gasteiger partial charge >= 0.3 is 12.1 Å². The van der Waals surface area contributed by atoms with Crippen LogP contribution in [0.15, 0.2) is 23.8 Å². The maximum Gasteiger partial charge on any atom is 0.490 e. The largest absolute Gasteiger partial charge is 0.490 e. The molecule has 0 aliphatic carbocycles. The van der Waals surface area contributed by atoms with Gasteiger partial charge in [0.05, 0.1) is 30.2 Å². The molecule has 8 nitrogen and oxygen atoms in total. The van der Waals surface area contributed by atoms with Gasteiger partial charge < -0.3 is 19.7 Å². The average Bonchev–Trinajstić information content (AvgIpc) is 3.42. The fraction of sp³-hybridized carbons (Fsp3) is 0.550. The molecule has 1 saturated heterocycles. The lowest BCUT2D eigenvalue weighted by molar-refractivity contribution is -0.192. The summed E-state index contributed by atoms with van der Waals surface area (Å²) in [6, 6.07) is 4.55. The van der Waals surface area contributed by atoms with E-state index in [0.717, 1.165) is 50.5 Å².